The molecule has 16 N–H and O–H groups in total. The summed E-state index contributed by atoms with van der Waals surface area (Å²) in [6.07, 6.45) is 4.49. The van der Waals surface area contributed by atoms with Gasteiger partial charge in [-0.3, -0.25) is 48.1 Å². The number of esters is 1. The molecule has 2 aliphatic heterocycles. The number of nitrogens with zero attached hydrogens (tertiary/aromatic N) is 3. The number of likely N-dealkylation sites (tertiary alicyclic amines) is 2. The molecule has 0 aliphatic carbocycles. The van der Waals surface area contributed by atoms with Crippen molar-refractivity contribution in [3.05, 3.63) is 0 Å². The van der Waals surface area contributed by atoms with Crippen LogP contribution in [0.15, 0.2) is 4.99 Å². The number of carboxylic acid groups (broad SMARTS) is 1. The number of guanidine groups is 1. The van der Waals surface area contributed by atoms with Crippen LogP contribution in [0.4, 0.5) is 4.79 Å². The Kier molecular flexibility index (Phi) is 33.8. The number of hydrogen-bond donors (Lipinski definition) is 12. The number of hydrogen-bond acceptors (Lipinski definition) is 17. The summed E-state index contributed by atoms with van der Waals surface area (Å²) in [5.74, 6) is -7.65. The van der Waals surface area contributed by atoms with Gasteiger partial charge in [0.25, 0.3) is 0 Å². The summed E-state index contributed by atoms with van der Waals surface area (Å²) in [6.45, 7) is 13.1. The molecule has 0 unspecified atom stereocenters. The lowest BCUT2D eigenvalue weighted by Crippen LogP contribution is -2.61. The summed E-state index contributed by atoms with van der Waals surface area (Å²) in [7, 11) is 1.25. The number of nitrogens with one attached hydrogen (secondary N) is 7. The molecule has 2 aliphatic rings. The van der Waals surface area contributed by atoms with Crippen LogP contribution in [0.1, 0.15) is 158 Å². The maximum Gasteiger partial charge on any atom is 0.408 e. The molecule has 0 saturated carbocycles. The number of aliphatic imine (C=N–C) groups is 1. The lowest BCUT2D eigenvalue weighted by Gasteiger charge is -2.33. The van der Waals surface area contributed by atoms with Crippen LogP contribution in [0.5, 0.6) is 0 Å². The third-order valence-electron chi connectivity index (χ3n) is 14.6. The summed E-state index contributed by atoms with van der Waals surface area (Å²) in [4.78, 5) is 158. The maximum absolute atomic E-state index is 14.8. The van der Waals surface area contributed by atoms with E-state index in [1.807, 2.05) is 20.1 Å². The fraction of sp³-hybridized carbons (Fsp3) is 0.786. The van der Waals surface area contributed by atoms with Crippen molar-refractivity contribution >= 4 is 83.0 Å². The van der Waals surface area contributed by atoms with E-state index in [4.69, 9.17) is 32.4 Å². The highest BCUT2D eigenvalue weighted by atomic mass is 32.2. The number of ether oxygens (including phenoxy) is 2. The van der Waals surface area contributed by atoms with Crippen molar-refractivity contribution in [1.29, 1.82) is 0 Å². The molecule has 28 nitrogen and oxygen atoms in total. The number of rotatable bonds is 38. The van der Waals surface area contributed by atoms with Gasteiger partial charge in [0.1, 0.15) is 60.0 Å². The number of carbonyl (C=O) groups is 11. The third kappa shape index (κ3) is 26.8. The second-order valence-corrected chi connectivity index (χ2v) is 24.1. The van der Waals surface area contributed by atoms with Crippen LogP contribution in [0.2, 0.25) is 0 Å². The lowest BCUT2D eigenvalue weighted by atomic mass is 9.96. The van der Waals surface area contributed by atoms with Gasteiger partial charge in [0.05, 0.1) is 7.11 Å². The van der Waals surface area contributed by atoms with Gasteiger partial charge in [-0.15, -0.1) is 0 Å². The molecule has 2 heterocycles. The Balaban J connectivity index is 2.45. The Morgan fingerprint density at radius 3 is 1.59 bits per heavy atom. The first kappa shape index (κ1) is 74.6. The first-order chi connectivity index (χ1) is 40.1. The van der Waals surface area contributed by atoms with Gasteiger partial charge in [-0.25, -0.2) is 9.59 Å². The largest absolute Gasteiger partial charge is 0.481 e. The number of aliphatic carboxylic acids is 1. The highest BCUT2D eigenvalue weighted by Gasteiger charge is 2.43. The molecule has 85 heavy (non-hydrogen) atoms. The zero-order valence-electron chi connectivity index (χ0n) is 51.4. The van der Waals surface area contributed by atoms with Crippen molar-refractivity contribution < 1.29 is 67.3 Å². The zero-order valence-corrected chi connectivity index (χ0v) is 52.2. The Morgan fingerprint density at radius 1 is 0.635 bits per heavy atom. The second kappa shape index (κ2) is 38.5. The Bertz CT molecular complexity index is 2250. The molecule has 484 valence electrons. The Morgan fingerprint density at radius 2 is 1.12 bits per heavy atom. The van der Waals surface area contributed by atoms with Gasteiger partial charge in [0, 0.05) is 26.1 Å². The standard InChI is InChI=1S/C56H100N14O14S/c1-10-34(4)44(68-48(76)37(20-15-28-61-54(59)60)63-47(75)38(23-24-43(71)72)67-55(82)84-56(5,6)7)52(80)69-29-16-21-41(69)50(78)66-40(32-33(2)3)49(77)64-35(18-11-13-26-57)45(73)62-36(19-12-14-27-58)46(74)65-39(25-31-85-9)51(79)70-30-17-22-42(70)53(81)83-8/h33-42,44H,10-32,57-58H2,1-9H3,(H,62,73)(H,63,75)(H,64,77)(H,65,74)(H,66,78)(H,67,82)(H,68,76)(H,71,72)(H4,59,60,61)/t34-,35-,36-,37-,38-,39-,40-,41-,42-,44-/m0/s1. The quantitative estimate of drug-likeness (QED) is 0.0167. The van der Waals surface area contributed by atoms with Gasteiger partial charge in [0.2, 0.25) is 47.3 Å². The molecule has 9 amide bonds. The molecule has 2 saturated heterocycles. The van der Waals surface area contributed by atoms with Crippen molar-refractivity contribution in [2.75, 3.05) is 51.8 Å². The minimum Gasteiger partial charge on any atom is -0.481 e. The van der Waals surface area contributed by atoms with Crippen LogP contribution in [-0.2, 0) is 57.4 Å². The fourth-order valence-electron chi connectivity index (χ4n) is 9.87. The number of carbonyl (C=O) groups excluding carboxylic acids is 10. The fourth-order valence-corrected chi connectivity index (χ4v) is 10.3. The average Bonchev–Trinajstić information content (AvgIpc) is 3.90. The molecule has 0 radical (unpaired) electrons. The van der Waals surface area contributed by atoms with Gasteiger partial charge in [-0.2, -0.15) is 11.8 Å². The van der Waals surface area contributed by atoms with Gasteiger partial charge in [0.15, 0.2) is 5.96 Å². The van der Waals surface area contributed by atoms with E-state index in [0.717, 1.165) is 0 Å². The molecule has 0 aromatic carbocycles. The van der Waals surface area contributed by atoms with Crippen LogP contribution < -0.4 is 60.2 Å². The number of methoxy groups -OCH3 is 1. The van der Waals surface area contributed by atoms with Gasteiger partial charge >= 0.3 is 18.0 Å². The van der Waals surface area contributed by atoms with E-state index in [2.05, 4.69) is 42.2 Å². The summed E-state index contributed by atoms with van der Waals surface area (Å²) in [6, 6.07) is -10.5. The minimum atomic E-state index is -1.45. The maximum atomic E-state index is 14.8. The zero-order chi connectivity index (χ0) is 64.0. The van der Waals surface area contributed by atoms with E-state index in [-0.39, 0.29) is 76.3 Å². The van der Waals surface area contributed by atoms with E-state index < -0.39 is 138 Å². The van der Waals surface area contributed by atoms with E-state index >= 15 is 0 Å². The van der Waals surface area contributed by atoms with Gasteiger partial charge in [-0.1, -0.05) is 34.1 Å². The normalized spacial score (nSPS) is 17.8. The SMILES string of the molecule is CC[C@H](C)[C@H](NC(=O)[C@H](CCCN=C(N)N)NC(=O)[C@H](CCC(=O)O)NC(=O)OC(C)(C)C)C(=O)N1CCC[C@H]1C(=O)N[C@@H](CC(C)C)C(=O)N[C@@H](CCCCN)C(=O)N[C@@H](CCCCN)C(=O)N[C@@H](CCSC)C(=O)N1CCC[C@H]1C(=O)OC. The predicted octanol–water partition coefficient (Wildman–Crippen LogP) is -0.0348. The number of alkyl carbamates (subject to hydrolysis) is 1. The highest BCUT2D eigenvalue weighted by molar-refractivity contribution is 7.98. The summed E-state index contributed by atoms with van der Waals surface area (Å²) in [5, 5.41) is 28.5. The topological polar surface area (TPSA) is 434 Å². The molecule has 0 bridgehead atoms. The van der Waals surface area contributed by atoms with Crippen molar-refractivity contribution in [2.45, 2.75) is 218 Å². The van der Waals surface area contributed by atoms with E-state index in [0.29, 0.717) is 76.8 Å². The van der Waals surface area contributed by atoms with Gasteiger partial charge in [-0.05, 0) is 154 Å². The van der Waals surface area contributed by atoms with Crippen molar-refractivity contribution in [2.24, 2.45) is 39.8 Å². The molecule has 0 aromatic heterocycles. The molecule has 0 spiro atoms. The summed E-state index contributed by atoms with van der Waals surface area (Å²) >= 11 is 1.47. The van der Waals surface area contributed by atoms with E-state index in [1.165, 1.54) is 28.7 Å². The van der Waals surface area contributed by atoms with Crippen LogP contribution in [0, 0.1) is 11.8 Å². The number of unbranched alkanes of at least 4 members (excludes halogenated alkanes) is 2. The number of amides is 9. The summed E-state index contributed by atoms with van der Waals surface area (Å²) < 4.78 is 10.2. The van der Waals surface area contributed by atoms with E-state index in [1.54, 1.807) is 34.6 Å². The predicted molar refractivity (Wildman–Crippen MR) is 321 cm³/mol. The number of nitrogens with two attached hydrogens (primary N) is 4. The highest BCUT2D eigenvalue weighted by Crippen LogP contribution is 2.24. The smallest absolute Gasteiger partial charge is 0.408 e. The van der Waals surface area contributed by atoms with E-state index in [9.17, 15) is 57.8 Å². The van der Waals surface area contributed by atoms with Crippen LogP contribution >= 0.6 is 11.8 Å². The summed E-state index contributed by atoms with van der Waals surface area (Å²) in [5.41, 5.74) is 21.7. The van der Waals surface area contributed by atoms with Crippen LogP contribution in [0.3, 0.4) is 0 Å². The first-order valence-corrected chi connectivity index (χ1v) is 31.2. The molecule has 29 heteroatoms. The van der Waals surface area contributed by atoms with Crippen LogP contribution in [0.25, 0.3) is 0 Å². The lowest BCUT2D eigenvalue weighted by molar-refractivity contribution is -0.152. The average molecular weight is 1230 g/mol. The molecular weight excluding hydrogens is 1120 g/mol. The van der Waals surface area contributed by atoms with Gasteiger partial charge < -0.3 is 84.5 Å². The molecule has 2 rings (SSSR count). The van der Waals surface area contributed by atoms with Crippen molar-refractivity contribution in [3.63, 3.8) is 0 Å². The van der Waals surface area contributed by atoms with Crippen molar-refractivity contribution in [3.8, 4) is 0 Å². The Hall–Kier alpha value is -6.49. The minimum absolute atomic E-state index is 0.0525. The monoisotopic (exact) mass is 1220 g/mol. The second-order valence-electron chi connectivity index (χ2n) is 23.1. The Labute approximate surface area is 504 Å². The number of carboxylic acids is 1. The molecular formula is C56H100N14O14S. The molecule has 10 atom stereocenters. The van der Waals surface area contributed by atoms with Crippen LogP contribution in [-0.4, -0.2) is 198 Å². The number of thioether (sulfide) groups is 1. The first-order valence-electron chi connectivity index (χ1n) is 29.8. The van der Waals surface area contributed by atoms with Crippen molar-refractivity contribution in [1.82, 2.24) is 47.0 Å². The molecule has 0 aromatic rings. The molecule has 2 fully saturated rings. The third-order valence-corrected chi connectivity index (χ3v) is 15.2.